The molecule has 1 fully saturated rings. The van der Waals surface area contributed by atoms with Crippen LogP contribution < -0.4 is 15.4 Å². The monoisotopic (exact) mass is 398 g/mol. The molecule has 1 aliphatic heterocycles. The van der Waals surface area contributed by atoms with E-state index in [4.69, 9.17) is 10.5 Å². The van der Waals surface area contributed by atoms with E-state index in [1.54, 1.807) is 35.5 Å². The van der Waals surface area contributed by atoms with Crippen molar-refractivity contribution in [1.82, 2.24) is 19.9 Å². The van der Waals surface area contributed by atoms with Gasteiger partial charge in [0.1, 0.15) is 6.61 Å². The Morgan fingerprint density at radius 3 is 2.38 bits per heavy atom. The Hall–Kier alpha value is -3.42. The minimum absolute atomic E-state index is 0.225. The number of piperazine rings is 1. The first-order chi connectivity index (χ1) is 14.2. The summed E-state index contributed by atoms with van der Waals surface area (Å²) in [6.07, 6.45) is 7.49. The molecule has 1 amide bonds. The molecular formula is C21H30N6O2. The van der Waals surface area contributed by atoms with E-state index < -0.39 is 0 Å². The molecule has 29 heavy (non-hydrogen) atoms. The highest BCUT2D eigenvalue weighted by atomic mass is 16.5. The number of carbonyl (C=O) groups excluding carboxylic acids is 1. The molecule has 2 aromatic heterocycles. The normalized spacial score (nSPS) is 12.5. The summed E-state index contributed by atoms with van der Waals surface area (Å²) in [4.78, 5) is 27.1. The van der Waals surface area contributed by atoms with Gasteiger partial charge >= 0.3 is 0 Å². The van der Waals surface area contributed by atoms with Crippen LogP contribution in [0.15, 0.2) is 55.9 Å². The summed E-state index contributed by atoms with van der Waals surface area (Å²) in [5.41, 5.74) is 6.28. The van der Waals surface area contributed by atoms with Crippen LogP contribution in [0.25, 0.3) is 0 Å². The third-order valence-corrected chi connectivity index (χ3v) is 3.79. The Morgan fingerprint density at radius 2 is 1.79 bits per heavy atom. The van der Waals surface area contributed by atoms with Crippen LogP contribution in [0.4, 0.5) is 11.8 Å². The van der Waals surface area contributed by atoms with Crippen LogP contribution >= 0.6 is 0 Å². The number of carbonyl (C=O) groups is 1. The van der Waals surface area contributed by atoms with E-state index in [9.17, 15) is 4.79 Å². The lowest BCUT2D eigenvalue weighted by Crippen LogP contribution is -2.46. The van der Waals surface area contributed by atoms with E-state index in [1.807, 2.05) is 26.0 Å². The molecule has 1 aliphatic rings. The fourth-order valence-electron chi connectivity index (χ4n) is 2.42. The molecule has 0 atom stereocenters. The van der Waals surface area contributed by atoms with Gasteiger partial charge < -0.3 is 20.3 Å². The molecular weight excluding hydrogens is 368 g/mol. The third-order valence-electron chi connectivity index (χ3n) is 3.79. The largest absolute Gasteiger partial charge is 0.483 e. The zero-order chi connectivity index (χ0) is 21.5. The summed E-state index contributed by atoms with van der Waals surface area (Å²) in [6.45, 7) is 13.8. The van der Waals surface area contributed by atoms with Crippen LogP contribution in [-0.4, -0.2) is 52.4 Å². The molecule has 0 aliphatic carbocycles. The Kier molecular flexibility index (Phi) is 11.2. The van der Waals surface area contributed by atoms with Crippen molar-refractivity contribution >= 4 is 18.2 Å². The van der Waals surface area contributed by atoms with Gasteiger partial charge in [0.15, 0.2) is 11.6 Å². The van der Waals surface area contributed by atoms with Crippen molar-refractivity contribution in [3.8, 4) is 5.75 Å². The second-order valence-corrected chi connectivity index (χ2v) is 5.62. The fourth-order valence-corrected chi connectivity index (χ4v) is 2.42. The van der Waals surface area contributed by atoms with E-state index in [-0.39, 0.29) is 5.95 Å². The fraction of sp³-hybridized carbons (Fsp3) is 0.333. The van der Waals surface area contributed by atoms with E-state index in [0.29, 0.717) is 31.1 Å². The molecule has 2 aromatic rings. The number of pyridine rings is 1. The number of allylic oxidation sites excluding steroid dienone is 2. The van der Waals surface area contributed by atoms with E-state index in [1.165, 1.54) is 0 Å². The number of aromatic nitrogens is 3. The molecule has 8 heteroatoms. The molecule has 0 unspecified atom stereocenters. The summed E-state index contributed by atoms with van der Waals surface area (Å²) in [6, 6.07) is 5.46. The van der Waals surface area contributed by atoms with Crippen LogP contribution in [0.2, 0.25) is 0 Å². The summed E-state index contributed by atoms with van der Waals surface area (Å²) >= 11 is 0. The number of ether oxygens (including phenoxy) is 1. The summed E-state index contributed by atoms with van der Waals surface area (Å²) in [7, 11) is 0. The zero-order valence-corrected chi connectivity index (χ0v) is 17.2. The minimum Gasteiger partial charge on any atom is -0.483 e. The summed E-state index contributed by atoms with van der Waals surface area (Å²) in [5, 5.41) is 0. The minimum atomic E-state index is 0.225. The van der Waals surface area contributed by atoms with Crippen LogP contribution in [0.3, 0.4) is 0 Å². The van der Waals surface area contributed by atoms with Gasteiger partial charge in [0.25, 0.3) is 0 Å². The lowest BCUT2D eigenvalue weighted by molar-refractivity contribution is -0.118. The smallest absolute Gasteiger partial charge is 0.220 e. The number of anilines is 2. The third kappa shape index (κ3) is 8.00. The molecule has 0 bridgehead atoms. The maximum Gasteiger partial charge on any atom is 0.220 e. The standard InChI is InChI=1S/C15H18N6O2.C4H6.C2H6/c16-15-18-5-3-12(19-15)10-23-13-2-1-4-17-14(13)21-8-6-20(11-22)7-9-21;1-3-4-2;1-2/h1-5,11H,6-10H2,(H2,16,18,19);3-4H,1-2H2;1-2H3. The van der Waals surface area contributed by atoms with Gasteiger partial charge in [-0.05, 0) is 18.2 Å². The first-order valence-electron chi connectivity index (χ1n) is 9.51. The van der Waals surface area contributed by atoms with Crippen molar-refractivity contribution in [2.24, 2.45) is 0 Å². The average Bonchev–Trinajstić information content (AvgIpc) is 2.79. The Bertz CT molecular complexity index is 754. The highest BCUT2D eigenvalue weighted by molar-refractivity contribution is 5.54. The molecule has 1 saturated heterocycles. The molecule has 2 N–H and O–H groups in total. The molecule has 0 aromatic carbocycles. The maximum absolute atomic E-state index is 10.8. The number of nitrogens with zero attached hydrogens (tertiary/aromatic N) is 5. The van der Waals surface area contributed by atoms with Crippen LogP contribution in [0.5, 0.6) is 5.75 Å². The van der Waals surface area contributed by atoms with Gasteiger partial charge in [0, 0.05) is 38.6 Å². The van der Waals surface area contributed by atoms with Gasteiger partial charge in [-0.15, -0.1) is 0 Å². The quantitative estimate of drug-likeness (QED) is 0.590. The van der Waals surface area contributed by atoms with Crippen molar-refractivity contribution in [2.75, 3.05) is 36.8 Å². The Balaban J connectivity index is 0.000000627. The highest BCUT2D eigenvalue weighted by Crippen LogP contribution is 2.26. The molecule has 0 saturated carbocycles. The van der Waals surface area contributed by atoms with Gasteiger partial charge in [-0.1, -0.05) is 39.2 Å². The second-order valence-electron chi connectivity index (χ2n) is 5.62. The molecule has 0 spiro atoms. The number of hydrogen-bond donors (Lipinski definition) is 1. The van der Waals surface area contributed by atoms with Gasteiger partial charge in [-0.2, -0.15) is 0 Å². The van der Waals surface area contributed by atoms with Gasteiger partial charge in [-0.25, -0.2) is 15.0 Å². The number of amides is 1. The summed E-state index contributed by atoms with van der Waals surface area (Å²) in [5.74, 6) is 1.69. The lowest BCUT2D eigenvalue weighted by Gasteiger charge is -2.33. The van der Waals surface area contributed by atoms with E-state index in [0.717, 1.165) is 25.3 Å². The van der Waals surface area contributed by atoms with Crippen LogP contribution in [0, 0.1) is 0 Å². The van der Waals surface area contributed by atoms with Crippen LogP contribution in [0.1, 0.15) is 19.5 Å². The number of nitrogens with two attached hydrogens (primary N) is 1. The number of rotatable bonds is 6. The molecule has 156 valence electrons. The summed E-state index contributed by atoms with van der Waals surface area (Å²) < 4.78 is 5.85. The molecule has 3 rings (SSSR count). The second kappa shape index (κ2) is 13.7. The SMILES string of the molecule is C=CC=C.CC.Nc1nccc(COc2cccnc2N2CCN(C=O)CC2)n1. The molecule has 3 heterocycles. The predicted molar refractivity (Wildman–Crippen MR) is 117 cm³/mol. The first kappa shape index (κ1) is 23.6. The predicted octanol–water partition coefficient (Wildman–Crippen LogP) is 2.70. The Labute approximate surface area is 172 Å². The first-order valence-corrected chi connectivity index (χ1v) is 9.51. The van der Waals surface area contributed by atoms with Crippen molar-refractivity contribution in [3.63, 3.8) is 0 Å². The van der Waals surface area contributed by atoms with Gasteiger partial charge in [-0.3, -0.25) is 4.79 Å². The van der Waals surface area contributed by atoms with E-state index in [2.05, 4.69) is 33.0 Å². The van der Waals surface area contributed by atoms with Crippen LogP contribution in [-0.2, 0) is 11.4 Å². The van der Waals surface area contributed by atoms with Crippen molar-refractivity contribution < 1.29 is 9.53 Å². The lowest BCUT2D eigenvalue weighted by atomic mass is 10.3. The molecule has 8 nitrogen and oxygen atoms in total. The average molecular weight is 399 g/mol. The van der Waals surface area contributed by atoms with Crippen molar-refractivity contribution in [2.45, 2.75) is 20.5 Å². The molecule has 0 radical (unpaired) electrons. The van der Waals surface area contributed by atoms with Gasteiger partial charge in [0.05, 0.1) is 5.69 Å². The maximum atomic E-state index is 10.8. The van der Waals surface area contributed by atoms with E-state index >= 15 is 0 Å². The highest BCUT2D eigenvalue weighted by Gasteiger charge is 2.19. The topological polar surface area (TPSA) is 97.5 Å². The number of hydrogen-bond acceptors (Lipinski definition) is 7. The number of nitrogen functional groups attached to an aromatic ring is 1. The van der Waals surface area contributed by atoms with Crippen molar-refractivity contribution in [1.29, 1.82) is 0 Å². The Morgan fingerprint density at radius 1 is 1.10 bits per heavy atom. The van der Waals surface area contributed by atoms with Gasteiger partial charge in [0.2, 0.25) is 12.4 Å². The zero-order valence-electron chi connectivity index (χ0n) is 17.2. The van der Waals surface area contributed by atoms with Crippen molar-refractivity contribution in [3.05, 3.63) is 61.6 Å².